The molecule has 1 aliphatic rings. The van der Waals surface area contributed by atoms with Gasteiger partial charge in [-0.2, -0.15) is 14.9 Å². The third-order valence-electron chi connectivity index (χ3n) is 3.95. The third kappa shape index (κ3) is 3.33. The van der Waals surface area contributed by atoms with Gasteiger partial charge in [-0.3, -0.25) is 9.89 Å². The molecule has 0 saturated carbocycles. The number of anilines is 1. The Kier molecular flexibility index (Phi) is 4.68. The number of carbonyl (C=O) groups is 1. The van der Waals surface area contributed by atoms with Gasteiger partial charge in [-0.25, -0.2) is 0 Å². The van der Waals surface area contributed by atoms with Crippen molar-refractivity contribution in [1.82, 2.24) is 14.9 Å². The summed E-state index contributed by atoms with van der Waals surface area (Å²) in [6.07, 6.45) is 1.72. The molecule has 6 nitrogen and oxygen atoms in total. The average Bonchev–Trinajstić information content (AvgIpc) is 3.03. The molecule has 0 saturated heterocycles. The highest BCUT2D eigenvalue weighted by Gasteiger charge is 2.26. The van der Waals surface area contributed by atoms with Gasteiger partial charge in [0, 0.05) is 4.90 Å². The van der Waals surface area contributed by atoms with E-state index in [2.05, 4.69) is 15.3 Å². The zero-order valence-corrected chi connectivity index (χ0v) is 15.3. The number of thioether (sulfide) groups is 1. The zero-order chi connectivity index (χ0) is 17.9. The summed E-state index contributed by atoms with van der Waals surface area (Å²) in [5.74, 6) is 1.04. The fourth-order valence-electron chi connectivity index (χ4n) is 2.68. The van der Waals surface area contributed by atoms with Crippen molar-refractivity contribution in [2.75, 3.05) is 10.7 Å². The van der Waals surface area contributed by atoms with Gasteiger partial charge >= 0.3 is 0 Å². The molecule has 2 heterocycles. The highest BCUT2D eigenvalue weighted by atomic mass is 32.2. The van der Waals surface area contributed by atoms with E-state index in [0.717, 1.165) is 16.1 Å². The quantitative estimate of drug-likeness (QED) is 0.555. The Balaban J connectivity index is 1.65. The van der Waals surface area contributed by atoms with E-state index in [1.165, 1.54) is 0 Å². The lowest BCUT2D eigenvalue weighted by Crippen LogP contribution is -2.35. The molecular weight excluding hydrogens is 366 g/mol. The smallest absolute Gasteiger partial charge is 0.237 e. The number of aromatic nitrogens is 3. The molecule has 0 atom stereocenters. The van der Waals surface area contributed by atoms with Crippen molar-refractivity contribution >= 4 is 41.8 Å². The van der Waals surface area contributed by atoms with Gasteiger partial charge in [0.2, 0.25) is 10.7 Å². The van der Waals surface area contributed by atoms with Gasteiger partial charge in [-0.05, 0) is 29.9 Å². The maximum atomic E-state index is 12.5. The van der Waals surface area contributed by atoms with Crippen LogP contribution in [0.4, 0.5) is 5.69 Å². The van der Waals surface area contributed by atoms with Crippen molar-refractivity contribution in [2.45, 2.75) is 11.4 Å². The van der Waals surface area contributed by atoms with E-state index in [1.807, 2.05) is 54.6 Å². The third-order valence-corrected chi connectivity index (χ3v) is 5.26. The van der Waals surface area contributed by atoms with Crippen LogP contribution in [0, 0.1) is 4.77 Å². The summed E-state index contributed by atoms with van der Waals surface area (Å²) in [7, 11) is 0. The van der Waals surface area contributed by atoms with Crippen LogP contribution >= 0.6 is 24.0 Å². The number of hydrogen-bond donors (Lipinski definition) is 1. The largest absolute Gasteiger partial charge is 0.303 e. The van der Waals surface area contributed by atoms with Gasteiger partial charge in [0.25, 0.3) is 0 Å². The Morgan fingerprint density at radius 3 is 2.81 bits per heavy atom. The Hall–Kier alpha value is -2.71. The second-order valence-electron chi connectivity index (χ2n) is 5.65. The van der Waals surface area contributed by atoms with Crippen LogP contribution < -0.4 is 4.90 Å². The SMILES string of the molecule is O=C1CSc2ccccc2N1Cc1n[nH]c(=S)n1/N=C/c1ccccc1. The van der Waals surface area contributed by atoms with Crippen molar-refractivity contribution in [2.24, 2.45) is 5.10 Å². The number of benzene rings is 2. The minimum Gasteiger partial charge on any atom is -0.303 e. The molecule has 3 aromatic rings. The number of rotatable bonds is 4. The molecule has 130 valence electrons. The van der Waals surface area contributed by atoms with Crippen LogP contribution in [0.15, 0.2) is 64.6 Å². The van der Waals surface area contributed by atoms with Crippen molar-refractivity contribution in [3.05, 3.63) is 70.8 Å². The van der Waals surface area contributed by atoms with E-state index in [1.54, 1.807) is 27.6 Å². The van der Waals surface area contributed by atoms with Gasteiger partial charge in [0.15, 0.2) is 5.82 Å². The minimum absolute atomic E-state index is 0.0428. The first-order valence-electron chi connectivity index (χ1n) is 8.00. The molecule has 0 aliphatic carbocycles. The van der Waals surface area contributed by atoms with E-state index >= 15 is 0 Å². The van der Waals surface area contributed by atoms with Crippen molar-refractivity contribution in [3.8, 4) is 0 Å². The summed E-state index contributed by atoms with van der Waals surface area (Å²) in [5, 5.41) is 11.5. The van der Waals surface area contributed by atoms with E-state index in [0.29, 0.717) is 22.9 Å². The first-order valence-corrected chi connectivity index (χ1v) is 9.39. The maximum absolute atomic E-state index is 12.5. The number of nitrogens with zero attached hydrogens (tertiary/aromatic N) is 4. The summed E-state index contributed by atoms with van der Waals surface area (Å²) < 4.78 is 1.94. The van der Waals surface area contributed by atoms with Crippen molar-refractivity contribution < 1.29 is 4.79 Å². The molecule has 0 unspecified atom stereocenters. The Bertz CT molecular complexity index is 1030. The summed E-state index contributed by atoms with van der Waals surface area (Å²) in [6, 6.07) is 17.6. The summed E-state index contributed by atoms with van der Waals surface area (Å²) >= 11 is 6.84. The molecule has 0 fully saturated rings. The second-order valence-corrected chi connectivity index (χ2v) is 7.05. The molecule has 8 heteroatoms. The second kappa shape index (κ2) is 7.27. The molecule has 1 amide bonds. The lowest BCUT2D eigenvalue weighted by Gasteiger charge is -2.28. The number of amides is 1. The lowest BCUT2D eigenvalue weighted by atomic mass is 10.2. The Labute approximate surface area is 159 Å². The molecule has 26 heavy (non-hydrogen) atoms. The van der Waals surface area contributed by atoms with E-state index < -0.39 is 0 Å². The predicted octanol–water partition coefficient (Wildman–Crippen LogP) is 3.46. The molecule has 0 bridgehead atoms. The van der Waals surface area contributed by atoms with E-state index in [-0.39, 0.29) is 5.91 Å². The molecule has 1 aliphatic heterocycles. The Morgan fingerprint density at radius 1 is 1.19 bits per heavy atom. The molecule has 1 N–H and O–H groups in total. The van der Waals surface area contributed by atoms with Crippen molar-refractivity contribution in [1.29, 1.82) is 0 Å². The van der Waals surface area contributed by atoms with Gasteiger partial charge in [-0.15, -0.1) is 11.8 Å². The minimum atomic E-state index is 0.0428. The summed E-state index contributed by atoms with van der Waals surface area (Å²) in [6.45, 7) is 0.301. The van der Waals surface area contributed by atoms with Crippen LogP contribution in [0.3, 0.4) is 0 Å². The van der Waals surface area contributed by atoms with Crippen LogP contribution in [0.2, 0.25) is 0 Å². The Morgan fingerprint density at radius 2 is 1.96 bits per heavy atom. The molecule has 0 spiro atoms. The number of carbonyl (C=O) groups excluding carboxylic acids is 1. The van der Waals surface area contributed by atoms with Crippen LogP contribution in [0.1, 0.15) is 11.4 Å². The first kappa shape index (κ1) is 16.7. The zero-order valence-electron chi connectivity index (χ0n) is 13.7. The first-order chi connectivity index (χ1) is 12.7. The highest BCUT2D eigenvalue weighted by Crippen LogP contribution is 2.35. The number of fused-ring (bicyclic) bond motifs is 1. The van der Waals surface area contributed by atoms with Gasteiger partial charge in [0.1, 0.15) is 0 Å². The molecule has 2 aromatic carbocycles. The average molecular weight is 381 g/mol. The van der Waals surface area contributed by atoms with Crippen LogP contribution in [0.5, 0.6) is 0 Å². The molecule has 0 radical (unpaired) electrons. The number of H-pyrrole nitrogens is 1. The monoisotopic (exact) mass is 381 g/mol. The lowest BCUT2D eigenvalue weighted by molar-refractivity contribution is -0.116. The highest BCUT2D eigenvalue weighted by molar-refractivity contribution is 8.00. The standard InChI is InChI=1S/C18H15N5OS2/c24-17-12-26-15-9-5-4-8-14(15)22(17)11-16-20-21-18(25)23(16)19-10-13-6-2-1-3-7-13/h1-10H,11-12H2,(H,21,25)/b19-10+. The van der Waals surface area contributed by atoms with Crippen molar-refractivity contribution in [3.63, 3.8) is 0 Å². The fraction of sp³-hybridized carbons (Fsp3) is 0.111. The van der Waals surface area contributed by atoms with Crippen LogP contribution in [-0.2, 0) is 11.3 Å². The van der Waals surface area contributed by atoms with Crippen LogP contribution in [-0.4, -0.2) is 32.7 Å². The topological polar surface area (TPSA) is 66.3 Å². The molecular formula is C18H15N5OS2. The summed E-state index contributed by atoms with van der Waals surface area (Å²) in [4.78, 5) is 15.3. The molecule has 1 aromatic heterocycles. The summed E-state index contributed by atoms with van der Waals surface area (Å²) in [5.41, 5.74) is 1.85. The number of hydrogen-bond acceptors (Lipinski definition) is 5. The number of nitrogens with one attached hydrogen (secondary N) is 1. The number of aromatic amines is 1. The normalized spacial score (nSPS) is 14.0. The molecule has 4 rings (SSSR count). The maximum Gasteiger partial charge on any atom is 0.237 e. The van der Waals surface area contributed by atoms with Crippen LogP contribution in [0.25, 0.3) is 0 Å². The van der Waals surface area contributed by atoms with Gasteiger partial charge < -0.3 is 4.90 Å². The van der Waals surface area contributed by atoms with Gasteiger partial charge in [0.05, 0.1) is 24.2 Å². The predicted molar refractivity (Wildman–Crippen MR) is 105 cm³/mol. The van der Waals surface area contributed by atoms with E-state index in [4.69, 9.17) is 12.2 Å². The number of para-hydroxylation sites is 1. The fourth-order valence-corrected chi connectivity index (χ4v) is 3.81. The van der Waals surface area contributed by atoms with Gasteiger partial charge in [-0.1, -0.05) is 42.5 Å². The van der Waals surface area contributed by atoms with E-state index in [9.17, 15) is 4.79 Å².